The first-order valence-electron chi connectivity index (χ1n) is 17.9. The Bertz CT molecular complexity index is 3100. The van der Waals surface area contributed by atoms with Crippen LogP contribution in [0.3, 0.4) is 0 Å². The molecule has 0 saturated heterocycles. The number of hydrogen-bond acceptors (Lipinski definition) is 1. The molecule has 0 N–H and O–H groups in total. The minimum atomic E-state index is 0.791. The maximum atomic E-state index is 6.46. The van der Waals surface area contributed by atoms with Crippen molar-refractivity contribution < 1.29 is 4.42 Å². The molecule has 0 aliphatic carbocycles. The summed E-state index contributed by atoms with van der Waals surface area (Å²) < 4.78 is 6.46. The Hall–Kier alpha value is -6.70. The van der Waals surface area contributed by atoms with Crippen LogP contribution in [0.5, 0.6) is 0 Å². The van der Waals surface area contributed by atoms with Crippen LogP contribution in [0, 0.1) is 0 Å². The molecule has 0 aliphatic rings. The van der Waals surface area contributed by atoms with Gasteiger partial charge in [-0.15, -0.1) is 0 Å². The van der Waals surface area contributed by atoms with Crippen LogP contribution in [0.1, 0.15) is 18.2 Å². The normalized spacial score (nSPS) is 11.9. The van der Waals surface area contributed by atoms with Gasteiger partial charge < -0.3 is 4.42 Å². The van der Waals surface area contributed by atoms with E-state index in [-0.39, 0.29) is 0 Å². The fourth-order valence-electron chi connectivity index (χ4n) is 8.34. The molecule has 1 heteroatoms. The van der Waals surface area contributed by atoms with E-state index < -0.39 is 0 Å². The molecule has 244 valence electrons. The van der Waals surface area contributed by atoms with Crippen molar-refractivity contribution in [1.82, 2.24) is 0 Å². The van der Waals surface area contributed by atoms with Gasteiger partial charge in [0.1, 0.15) is 11.3 Å². The first-order chi connectivity index (χ1) is 25.7. The van der Waals surface area contributed by atoms with Crippen LogP contribution in [0.25, 0.3) is 110 Å². The molecule has 0 fully saturated rings. The molecule has 10 rings (SSSR count). The van der Waals surface area contributed by atoms with E-state index >= 15 is 0 Å². The largest absolute Gasteiger partial charge is 0.455 e. The van der Waals surface area contributed by atoms with Gasteiger partial charge in [0.25, 0.3) is 0 Å². The first kappa shape index (κ1) is 30.2. The molecule has 0 spiro atoms. The summed E-state index contributed by atoms with van der Waals surface area (Å²) in [6.07, 6.45) is 6.01. The maximum Gasteiger partial charge on any atom is 0.143 e. The third kappa shape index (κ3) is 4.63. The van der Waals surface area contributed by atoms with Gasteiger partial charge >= 0.3 is 0 Å². The van der Waals surface area contributed by atoms with E-state index in [0.717, 1.165) is 33.1 Å². The zero-order chi connectivity index (χ0) is 34.8. The zero-order valence-corrected chi connectivity index (χ0v) is 28.9. The average molecular weight is 663 g/mol. The van der Waals surface area contributed by atoms with E-state index in [2.05, 4.69) is 176 Å². The number of fused-ring (bicyclic) bond motifs is 7. The lowest BCUT2D eigenvalue weighted by molar-refractivity contribution is 0.606. The predicted octanol–water partition coefficient (Wildman–Crippen LogP) is 14.9. The van der Waals surface area contributed by atoms with E-state index in [9.17, 15) is 0 Å². The number of furan rings is 1. The summed E-state index contributed by atoms with van der Waals surface area (Å²) in [5.74, 6) is 0.791. The van der Waals surface area contributed by atoms with Crippen molar-refractivity contribution in [1.29, 1.82) is 0 Å². The van der Waals surface area contributed by atoms with Crippen molar-refractivity contribution in [2.24, 2.45) is 0 Å². The van der Waals surface area contributed by atoms with Crippen LogP contribution in [-0.4, -0.2) is 0 Å². The number of allylic oxidation sites excluding steroid dienone is 1. The van der Waals surface area contributed by atoms with Crippen molar-refractivity contribution in [2.75, 3.05) is 0 Å². The van der Waals surface area contributed by atoms with E-state index in [1.165, 1.54) is 76.5 Å². The van der Waals surface area contributed by atoms with E-state index in [0.29, 0.717) is 0 Å². The highest BCUT2D eigenvalue weighted by Crippen LogP contribution is 2.47. The fraction of sp³-hybridized carbons (Fsp3) is 0.0196. The van der Waals surface area contributed by atoms with E-state index in [1.807, 2.05) is 13.0 Å². The number of benzene rings is 9. The summed E-state index contributed by atoms with van der Waals surface area (Å²) in [6, 6.07) is 58.0. The highest BCUT2D eigenvalue weighted by molar-refractivity contribution is 6.23. The molecule has 1 aromatic heterocycles. The Labute approximate surface area is 302 Å². The second-order valence-corrected chi connectivity index (χ2v) is 13.6. The molecule has 10 aromatic rings. The Kier molecular flexibility index (Phi) is 6.94. The molecule has 0 saturated carbocycles. The highest BCUT2D eigenvalue weighted by Gasteiger charge is 2.20. The summed E-state index contributed by atoms with van der Waals surface area (Å²) in [5, 5.41) is 13.3. The molecule has 0 bridgehead atoms. The van der Waals surface area contributed by atoms with Gasteiger partial charge in [-0.2, -0.15) is 0 Å². The van der Waals surface area contributed by atoms with Crippen LogP contribution >= 0.6 is 0 Å². The Balaban J connectivity index is 1.34. The lowest BCUT2D eigenvalue weighted by Crippen LogP contribution is -1.92. The average Bonchev–Trinajstić information content (AvgIpc) is 3.56. The Morgan fingerprint density at radius 3 is 1.58 bits per heavy atom. The quantitative estimate of drug-likeness (QED) is 0.167. The van der Waals surface area contributed by atoms with Gasteiger partial charge in [-0.05, 0) is 119 Å². The topological polar surface area (TPSA) is 13.1 Å². The first-order valence-corrected chi connectivity index (χ1v) is 17.9. The minimum absolute atomic E-state index is 0.791. The lowest BCUT2D eigenvalue weighted by Gasteiger charge is -2.19. The van der Waals surface area contributed by atoms with Crippen molar-refractivity contribution in [3.05, 3.63) is 182 Å². The molecule has 0 aliphatic heterocycles. The van der Waals surface area contributed by atoms with Gasteiger partial charge in [-0.1, -0.05) is 152 Å². The Morgan fingerprint density at radius 1 is 0.442 bits per heavy atom. The van der Waals surface area contributed by atoms with Gasteiger partial charge in [0.15, 0.2) is 0 Å². The standard InChI is InChI=1S/C51H34O/c1-3-13-40-47-31-45(39-18-9-12-21-44(39)51(47)52-48(40)4-2)36-26-27-43-46(30-36)50(38-25-23-33-15-6-8-17-35(33)29-38)42-20-11-10-19-41(42)49(43)37-24-22-32-14-5-7-16-34(32)28-37/h3-31H,2H2,1H3/b13-3-. The van der Waals surface area contributed by atoms with Gasteiger partial charge in [-0.3, -0.25) is 0 Å². The summed E-state index contributed by atoms with van der Waals surface area (Å²) in [7, 11) is 0. The second-order valence-electron chi connectivity index (χ2n) is 13.6. The van der Waals surface area contributed by atoms with Crippen LogP contribution in [0.4, 0.5) is 0 Å². The third-order valence-electron chi connectivity index (χ3n) is 10.7. The van der Waals surface area contributed by atoms with Gasteiger partial charge in [0, 0.05) is 16.3 Å². The molecule has 52 heavy (non-hydrogen) atoms. The van der Waals surface area contributed by atoms with Crippen LogP contribution in [0.2, 0.25) is 0 Å². The molecule has 0 atom stereocenters. The highest BCUT2D eigenvalue weighted by atomic mass is 16.3. The molecule has 1 heterocycles. The molecule has 0 unspecified atom stereocenters. The minimum Gasteiger partial charge on any atom is -0.455 e. The second kappa shape index (κ2) is 12.0. The van der Waals surface area contributed by atoms with E-state index in [4.69, 9.17) is 4.42 Å². The monoisotopic (exact) mass is 662 g/mol. The molecule has 0 amide bonds. The summed E-state index contributed by atoms with van der Waals surface area (Å²) in [5.41, 5.74) is 9.23. The van der Waals surface area contributed by atoms with Gasteiger partial charge in [-0.25, -0.2) is 0 Å². The third-order valence-corrected chi connectivity index (χ3v) is 10.7. The molecule has 0 radical (unpaired) electrons. The van der Waals surface area contributed by atoms with Gasteiger partial charge in [0.05, 0.1) is 0 Å². The van der Waals surface area contributed by atoms with Crippen LogP contribution < -0.4 is 0 Å². The number of hydrogen-bond donors (Lipinski definition) is 0. The predicted molar refractivity (Wildman–Crippen MR) is 225 cm³/mol. The number of rotatable bonds is 5. The van der Waals surface area contributed by atoms with Gasteiger partial charge in [0.2, 0.25) is 0 Å². The molecule has 1 nitrogen and oxygen atoms in total. The van der Waals surface area contributed by atoms with Crippen LogP contribution in [-0.2, 0) is 0 Å². The van der Waals surface area contributed by atoms with Crippen molar-refractivity contribution >= 4 is 77.0 Å². The summed E-state index contributed by atoms with van der Waals surface area (Å²) in [4.78, 5) is 0. The lowest BCUT2D eigenvalue weighted by atomic mass is 9.83. The van der Waals surface area contributed by atoms with Crippen molar-refractivity contribution in [2.45, 2.75) is 6.92 Å². The fourth-order valence-corrected chi connectivity index (χ4v) is 8.34. The maximum absolute atomic E-state index is 6.46. The van der Waals surface area contributed by atoms with E-state index in [1.54, 1.807) is 0 Å². The summed E-state index contributed by atoms with van der Waals surface area (Å²) in [6.45, 7) is 6.11. The smallest absolute Gasteiger partial charge is 0.143 e. The summed E-state index contributed by atoms with van der Waals surface area (Å²) >= 11 is 0. The van der Waals surface area contributed by atoms with Crippen molar-refractivity contribution in [3.8, 4) is 33.4 Å². The SMILES string of the molecule is C=Cc1oc2c(cc(-c3ccc4c(-c5ccc6ccccc6c5)c5ccccc5c(-c5ccc6ccccc6c5)c4c3)c3ccccc32)c1/C=C\C. The molecular formula is C51H34O. The van der Waals surface area contributed by atoms with Crippen molar-refractivity contribution in [3.63, 3.8) is 0 Å². The molecule has 9 aromatic carbocycles. The zero-order valence-electron chi connectivity index (χ0n) is 28.9. The van der Waals surface area contributed by atoms with Crippen LogP contribution in [0.15, 0.2) is 175 Å². The molecular weight excluding hydrogens is 629 g/mol. The Morgan fingerprint density at radius 2 is 0.962 bits per heavy atom.